The van der Waals surface area contributed by atoms with Crippen LogP contribution in [0.25, 0.3) is 0 Å². The molecule has 0 saturated carbocycles. The molecule has 3 aromatic rings. The van der Waals surface area contributed by atoms with Gasteiger partial charge in [-0.2, -0.15) is 18.2 Å². The quantitative estimate of drug-likeness (QED) is 0.603. The number of anilines is 3. The highest BCUT2D eigenvalue weighted by molar-refractivity contribution is 5.56. The fourth-order valence-corrected chi connectivity index (χ4v) is 2.58. The summed E-state index contributed by atoms with van der Waals surface area (Å²) in [7, 11) is 1.62. The zero-order valence-electron chi connectivity index (χ0n) is 15.1. The molecule has 0 spiro atoms. The third-order valence-corrected chi connectivity index (χ3v) is 3.96. The van der Waals surface area contributed by atoms with Gasteiger partial charge in [-0.25, -0.2) is 4.98 Å². The van der Waals surface area contributed by atoms with Gasteiger partial charge in [0.25, 0.3) is 0 Å². The Morgan fingerprint density at radius 2 is 1.86 bits per heavy atom. The number of aromatic nitrogens is 2. The number of rotatable bonds is 7. The summed E-state index contributed by atoms with van der Waals surface area (Å²) in [4.78, 5) is 8.34. The Morgan fingerprint density at radius 1 is 1.04 bits per heavy atom. The number of benzene rings is 2. The second kappa shape index (κ2) is 8.60. The average molecular weight is 388 g/mol. The maximum atomic E-state index is 12.8. The molecule has 1 heterocycles. The molecule has 0 aliphatic carbocycles. The van der Waals surface area contributed by atoms with E-state index in [0.717, 1.165) is 29.9 Å². The predicted molar refractivity (Wildman–Crippen MR) is 102 cm³/mol. The molecular weight excluding hydrogens is 369 g/mol. The largest absolute Gasteiger partial charge is 0.497 e. The molecule has 2 aromatic carbocycles. The van der Waals surface area contributed by atoms with Gasteiger partial charge < -0.3 is 15.4 Å². The second-order valence-corrected chi connectivity index (χ2v) is 6.00. The van der Waals surface area contributed by atoms with Gasteiger partial charge >= 0.3 is 6.18 Å². The van der Waals surface area contributed by atoms with Gasteiger partial charge in [-0.3, -0.25) is 0 Å². The molecule has 1 aromatic heterocycles. The van der Waals surface area contributed by atoms with Gasteiger partial charge in [0.15, 0.2) is 0 Å². The highest BCUT2D eigenvalue weighted by Gasteiger charge is 2.30. The van der Waals surface area contributed by atoms with E-state index in [1.165, 1.54) is 18.3 Å². The Morgan fingerprint density at radius 3 is 2.64 bits per heavy atom. The normalized spacial score (nSPS) is 11.1. The van der Waals surface area contributed by atoms with Crippen LogP contribution in [0.15, 0.2) is 60.8 Å². The molecule has 0 aliphatic heterocycles. The molecular formula is C20H19F3N4O. The van der Waals surface area contributed by atoms with Crippen molar-refractivity contribution in [1.82, 2.24) is 9.97 Å². The Kier molecular flexibility index (Phi) is 5.98. The summed E-state index contributed by atoms with van der Waals surface area (Å²) in [6.45, 7) is 0.632. The van der Waals surface area contributed by atoms with Crippen molar-refractivity contribution < 1.29 is 17.9 Å². The van der Waals surface area contributed by atoms with Crippen LogP contribution >= 0.6 is 0 Å². The number of halogens is 3. The van der Waals surface area contributed by atoms with Crippen LogP contribution in [0, 0.1) is 0 Å². The summed E-state index contributed by atoms with van der Waals surface area (Å²) in [5.74, 6) is 1.59. The first-order valence-corrected chi connectivity index (χ1v) is 8.58. The smallest absolute Gasteiger partial charge is 0.416 e. The molecule has 0 atom stereocenters. The summed E-state index contributed by atoms with van der Waals surface area (Å²) in [6, 6.07) is 14.4. The Balaban J connectivity index is 1.61. The van der Waals surface area contributed by atoms with E-state index in [9.17, 15) is 13.2 Å². The van der Waals surface area contributed by atoms with Crippen molar-refractivity contribution in [2.24, 2.45) is 0 Å². The summed E-state index contributed by atoms with van der Waals surface area (Å²) in [5.41, 5.74) is 0.650. The first-order valence-electron chi connectivity index (χ1n) is 8.58. The van der Waals surface area contributed by atoms with Crippen LogP contribution in [-0.4, -0.2) is 23.6 Å². The maximum absolute atomic E-state index is 12.8. The average Bonchev–Trinajstić information content (AvgIpc) is 2.68. The molecule has 0 aliphatic rings. The van der Waals surface area contributed by atoms with Crippen LogP contribution in [0.2, 0.25) is 0 Å². The van der Waals surface area contributed by atoms with Gasteiger partial charge in [-0.1, -0.05) is 18.2 Å². The van der Waals surface area contributed by atoms with Gasteiger partial charge in [0, 0.05) is 18.4 Å². The van der Waals surface area contributed by atoms with Crippen LogP contribution < -0.4 is 15.4 Å². The van der Waals surface area contributed by atoms with Crippen molar-refractivity contribution >= 4 is 17.5 Å². The lowest BCUT2D eigenvalue weighted by Gasteiger charge is -2.11. The van der Waals surface area contributed by atoms with Crippen molar-refractivity contribution in [3.63, 3.8) is 0 Å². The zero-order valence-corrected chi connectivity index (χ0v) is 15.1. The molecule has 146 valence electrons. The number of nitrogens with one attached hydrogen (secondary N) is 2. The van der Waals surface area contributed by atoms with E-state index in [0.29, 0.717) is 12.4 Å². The molecule has 0 fully saturated rings. The summed E-state index contributed by atoms with van der Waals surface area (Å²) in [6.07, 6.45) is -2.10. The van der Waals surface area contributed by atoms with E-state index in [1.807, 2.05) is 24.3 Å². The molecule has 28 heavy (non-hydrogen) atoms. The minimum Gasteiger partial charge on any atom is -0.497 e. The minimum absolute atomic E-state index is 0.214. The number of methoxy groups -OCH3 is 1. The molecule has 0 unspecified atom stereocenters. The predicted octanol–water partition coefficient (Wildman–Crippen LogP) is 4.90. The molecule has 0 amide bonds. The molecule has 2 N–H and O–H groups in total. The number of ether oxygens (including phenoxy) is 1. The number of nitrogens with zero attached hydrogens (tertiary/aromatic N) is 2. The highest BCUT2D eigenvalue weighted by atomic mass is 19.4. The monoisotopic (exact) mass is 388 g/mol. The number of hydrogen-bond acceptors (Lipinski definition) is 5. The fraction of sp³-hybridized carbons (Fsp3) is 0.200. The lowest BCUT2D eigenvalue weighted by Crippen LogP contribution is -2.08. The molecule has 5 nitrogen and oxygen atoms in total. The molecule has 0 bridgehead atoms. The number of alkyl halides is 3. The standard InChI is InChI=1S/C20H19F3N4O/c1-28-17-7-2-4-14(12-17)8-10-24-18-9-11-25-19(27-18)26-16-6-3-5-15(13-16)20(21,22)23/h2-7,9,11-13H,8,10H2,1H3,(H2,24,25,26,27). The van der Waals surface area contributed by atoms with Crippen molar-refractivity contribution in [3.8, 4) is 5.75 Å². The first-order chi connectivity index (χ1) is 13.4. The van der Waals surface area contributed by atoms with E-state index < -0.39 is 11.7 Å². The Labute approximate surface area is 160 Å². The third-order valence-electron chi connectivity index (χ3n) is 3.96. The van der Waals surface area contributed by atoms with Gasteiger partial charge in [0.1, 0.15) is 11.6 Å². The van der Waals surface area contributed by atoms with Gasteiger partial charge in [0.2, 0.25) is 5.95 Å². The maximum Gasteiger partial charge on any atom is 0.416 e. The fourth-order valence-electron chi connectivity index (χ4n) is 2.58. The Hall–Kier alpha value is -3.29. The lowest BCUT2D eigenvalue weighted by atomic mass is 10.1. The second-order valence-electron chi connectivity index (χ2n) is 6.00. The number of hydrogen-bond donors (Lipinski definition) is 2. The highest BCUT2D eigenvalue weighted by Crippen LogP contribution is 2.31. The topological polar surface area (TPSA) is 59.1 Å². The molecule has 0 saturated heterocycles. The Bertz CT molecular complexity index is 931. The van der Waals surface area contributed by atoms with Crippen LogP contribution in [0.3, 0.4) is 0 Å². The zero-order chi connectivity index (χ0) is 20.0. The van der Waals surface area contributed by atoms with E-state index >= 15 is 0 Å². The summed E-state index contributed by atoms with van der Waals surface area (Å²) < 4.78 is 43.7. The van der Waals surface area contributed by atoms with E-state index in [1.54, 1.807) is 13.2 Å². The van der Waals surface area contributed by atoms with Crippen molar-refractivity contribution in [2.75, 3.05) is 24.3 Å². The van der Waals surface area contributed by atoms with Crippen LogP contribution in [0.1, 0.15) is 11.1 Å². The molecule has 8 heteroatoms. The minimum atomic E-state index is -4.40. The van der Waals surface area contributed by atoms with Crippen LogP contribution in [-0.2, 0) is 12.6 Å². The third kappa shape index (κ3) is 5.35. The molecule has 3 rings (SSSR count). The van der Waals surface area contributed by atoms with Crippen molar-refractivity contribution in [3.05, 3.63) is 71.9 Å². The van der Waals surface area contributed by atoms with E-state index in [4.69, 9.17) is 4.74 Å². The summed E-state index contributed by atoms with van der Waals surface area (Å²) in [5, 5.41) is 5.98. The van der Waals surface area contributed by atoms with Gasteiger partial charge in [-0.15, -0.1) is 0 Å². The van der Waals surface area contributed by atoms with E-state index in [-0.39, 0.29) is 11.6 Å². The first kappa shape index (κ1) is 19.5. The lowest BCUT2D eigenvalue weighted by molar-refractivity contribution is -0.137. The van der Waals surface area contributed by atoms with E-state index in [2.05, 4.69) is 20.6 Å². The van der Waals surface area contributed by atoms with Crippen LogP contribution in [0.4, 0.5) is 30.6 Å². The molecule has 0 radical (unpaired) electrons. The summed E-state index contributed by atoms with van der Waals surface area (Å²) >= 11 is 0. The van der Waals surface area contributed by atoms with Crippen LogP contribution in [0.5, 0.6) is 5.75 Å². The van der Waals surface area contributed by atoms with Gasteiger partial charge in [0.05, 0.1) is 12.7 Å². The van der Waals surface area contributed by atoms with Crippen molar-refractivity contribution in [1.29, 1.82) is 0 Å². The van der Waals surface area contributed by atoms with Gasteiger partial charge in [-0.05, 0) is 48.4 Å². The van der Waals surface area contributed by atoms with Crippen molar-refractivity contribution in [2.45, 2.75) is 12.6 Å². The SMILES string of the molecule is COc1cccc(CCNc2ccnc(Nc3cccc(C(F)(F)F)c3)n2)c1.